The van der Waals surface area contributed by atoms with Crippen molar-refractivity contribution < 1.29 is 77.6 Å². The minimum absolute atomic E-state index is 0.0149. The molecule has 2 saturated carbocycles. The topological polar surface area (TPSA) is 194 Å². The number of alkyl halides is 7. The molecule has 3 aliphatic heterocycles. The fourth-order valence-corrected chi connectivity index (χ4v) is 10.9. The van der Waals surface area contributed by atoms with Crippen molar-refractivity contribution in [2.24, 2.45) is 17.8 Å². The van der Waals surface area contributed by atoms with Crippen molar-refractivity contribution in [1.29, 1.82) is 0 Å². The second kappa shape index (κ2) is 17.4. The predicted molar refractivity (Wildman–Crippen MR) is 216 cm³/mol. The molecule has 2 aliphatic carbocycles. The molecule has 1 aromatic carbocycles. The maximum atomic E-state index is 15.4. The molecule has 0 spiro atoms. The van der Waals surface area contributed by atoms with Gasteiger partial charge in [0, 0.05) is 24.3 Å². The van der Waals surface area contributed by atoms with Crippen LogP contribution in [0.5, 0.6) is 11.6 Å². The van der Waals surface area contributed by atoms with Gasteiger partial charge in [-0.25, -0.2) is 22.6 Å². The summed E-state index contributed by atoms with van der Waals surface area (Å²) in [6.45, 7) is -0.0533. The lowest BCUT2D eigenvalue weighted by Gasteiger charge is -2.50. The molecule has 15 nitrogen and oxygen atoms in total. The van der Waals surface area contributed by atoms with Gasteiger partial charge in [0.15, 0.2) is 5.54 Å². The molecule has 1 aromatic heterocycles. The summed E-state index contributed by atoms with van der Waals surface area (Å²) in [5, 5.41) is 13.3. The second-order valence-corrected chi connectivity index (χ2v) is 20.1. The minimum atomic E-state index is -5.27. The molecule has 3 N–H and O–H groups in total. The van der Waals surface area contributed by atoms with E-state index in [0.717, 1.165) is 11.0 Å². The van der Waals surface area contributed by atoms with Crippen LogP contribution in [0.4, 0.5) is 35.5 Å². The van der Waals surface area contributed by atoms with Gasteiger partial charge in [-0.15, -0.1) is 0 Å². The molecule has 7 rings (SSSR count). The van der Waals surface area contributed by atoms with Crippen LogP contribution < -0.4 is 19.5 Å². The number of nitrogens with one attached hydrogen (secondary N) is 2. The van der Waals surface area contributed by atoms with Crippen LogP contribution in [-0.4, -0.2) is 126 Å². The van der Waals surface area contributed by atoms with Gasteiger partial charge < -0.3 is 29.5 Å². The average Bonchev–Trinajstić information content (AvgIpc) is 4.14. The molecule has 358 valence electrons. The number of pyridine rings is 1. The Hall–Kier alpha value is -4.93. The summed E-state index contributed by atoms with van der Waals surface area (Å²) >= 11 is 0. The van der Waals surface area contributed by atoms with Gasteiger partial charge in [-0.05, 0) is 92.9 Å². The first-order chi connectivity index (χ1) is 30.4. The Morgan fingerprint density at radius 1 is 1.09 bits per heavy atom. The van der Waals surface area contributed by atoms with Gasteiger partial charge in [-0.2, -0.15) is 26.3 Å². The van der Waals surface area contributed by atoms with Crippen molar-refractivity contribution in [3.05, 3.63) is 42.1 Å². The van der Waals surface area contributed by atoms with Crippen LogP contribution in [0.15, 0.2) is 36.4 Å². The molecule has 2 aromatic rings. The molecule has 4 heterocycles. The van der Waals surface area contributed by atoms with Gasteiger partial charge >= 0.3 is 18.4 Å². The summed E-state index contributed by atoms with van der Waals surface area (Å²) in [7, 11) is -3.31. The van der Waals surface area contributed by atoms with E-state index in [1.54, 1.807) is 19.1 Å². The molecular formula is C42H50F7N5O10S. The molecule has 65 heavy (non-hydrogen) atoms. The van der Waals surface area contributed by atoms with E-state index in [4.69, 9.17) is 14.2 Å². The number of halogens is 7. The highest BCUT2D eigenvalue weighted by molar-refractivity contribution is 7.91. The van der Waals surface area contributed by atoms with Gasteiger partial charge in [0.25, 0.3) is 5.91 Å². The Morgan fingerprint density at radius 3 is 2.42 bits per heavy atom. The van der Waals surface area contributed by atoms with E-state index in [0.29, 0.717) is 12.8 Å². The van der Waals surface area contributed by atoms with Gasteiger partial charge in [0.05, 0.1) is 20.3 Å². The fourth-order valence-electron chi connectivity index (χ4n) is 9.52. The zero-order chi connectivity index (χ0) is 47.5. The van der Waals surface area contributed by atoms with Crippen molar-refractivity contribution in [3.63, 3.8) is 0 Å². The third kappa shape index (κ3) is 9.02. The first-order valence-corrected chi connectivity index (χ1v) is 22.7. The number of sulfonamides is 1. The fraction of sp³-hybridized carbons (Fsp3) is 0.643. The number of methoxy groups -OCH3 is 1. The summed E-state index contributed by atoms with van der Waals surface area (Å²) in [5.41, 5.74) is -6.58. The molecule has 2 saturated heterocycles. The lowest BCUT2D eigenvalue weighted by molar-refractivity contribution is -0.260. The SMILES string of the molecule is COc1ccc2c(O[C@@H]3C[C@H]4C(=O)N[C@]5(C(=O)NS(=O)(=O)C6(CF)CC6)C[C@H]5C=CCC[C@H](C)C[C@@H](C)[C@H](N(C(=O)O)C5(C(F)(F)F)CCCOC5)C(=O)N4C3)nc(C(F)(F)F)cc2c1. The van der Waals surface area contributed by atoms with Crippen molar-refractivity contribution >= 4 is 44.6 Å². The number of nitrogens with zero attached hydrogens (tertiary/aromatic N) is 3. The van der Waals surface area contributed by atoms with Gasteiger partial charge in [0.1, 0.15) is 46.6 Å². The molecule has 4 fully saturated rings. The highest BCUT2D eigenvalue weighted by atomic mass is 32.2. The Morgan fingerprint density at radius 2 is 1.82 bits per heavy atom. The summed E-state index contributed by atoms with van der Waals surface area (Å²) in [6, 6.07) is 0.915. The van der Waals surface area contributed by atoms with Crippen LogP contribution in [0.1, 0.15) is 77.3 Å². The molecule has 1 unspecified atom stereocenters. The van der Waals surface area contributed by atoms with Crippen LogP contribution >= 0.6 is 0 Å². The summed E-state index contributed by atoms with van der Waals surface area (Å²) in [5.74, 6) is -6.30. The number of ether oxygens (including phenoxy) is 3. The summed E-state index contributed by atoms with van der Waals surface area (Å²) in [6.07, 6.45) is -11.6. The lowest BCUT2D eigenvalue weighted by atomic mass is 9.82. The van der Waals surface area contributed by atoms with Crippen molar-refractivity contribution in [3.8, 4) is 11.6 Å². The average molecular weight is 950 g/mol. The molecule has 0 radical (unpaired) electrons. The number of aromatic nitrogens is 1. The van der Waals surface area contributed by atoms with Crippen LogP contribution in [0.3, 0.4) is 0 Å². The van der Waals surface area contributed by atoms with Crippen LogP contribution in [0, 0.1) is 17.8 Å². The molecule has 5 aliphatic rings. The van der Waals surface area contributed by atoms with Crippen molar-refractivity contribution in [2.75, 3.05) is 33.5 Å². The molecule has 23 heteroatoms. The number of benzene rings is 1. The van der Waals surface area contributed by atoms with Gasteiger partial charge in [-0.1, -0.05) is 26.0 Å². The number of hydrogen-bond donors (Lipinski definition) is 3. The number of carboxylic acid groups (broad SMARTS) is 1. The van der Waals surface area contributed by atoms with E-state index < -0.39 is 136 Å². The summed E-state index contributed by atoms with van der Waals surface area (Å²) < 4.78 is 146. The second-order valence-electron chi connectivity index (χ2n) is 18.0. The predicted octanol–water partition coefficient (Wildman–Crippen LogP) is 5.91. The normalized spacial score (nSPS) is 30.8. The molecule has 0 bridgehead atoms. The standard InChI is InChI=1S/C42H50F7N5O10S/c1-23-7-4-5-8-26-19-40(26,36(57)52-65(60,61)38(21-43)12-13-38)51-33(55)30-18-28(64-34-29-10-9-27(62-3)16-25(29)17-31(50-34)41(44,45)46)20-53(30)35(56)32(24(2)15-23)54(37(58)59)39(42(47,48)49)11-6-14-63-22-39/h5,8-10,16-17,23-24,26,28,30,32H,4,6-7,11-15,18-22H2,1-3H3,(H,51,55)(H,52,57)(H,58,59)/t23-,24+,26+,28+,30-,32-,39?,40+/m0/s1. The third-order valence-electron chi connectivity index (χ3n) is 13.5. The number of carbonyl (C=O) groups excluding carboxylic acids is 3. The van der Waals surface area contributed by atoms with Crippen LogP contribution in [-0.2, 0) is 35.3 Å². The van der Waals surface area contributed by atoms with Gasteiger partial charge in [0.2, 0.25) is 27.7 Å². The maximum Gasteiger partial charge on any atom is 0.433 e. The monoisotopic (exact) mass is 949 g/mol. The van der Waals surface area contributed by atoms with Crippen molar-refractivity contribution in [1.82, 2.24) is 24.8 Å². The number of hydrogen-bond acceptors (Lipinski definition) is 10. The number of fused-ring (bicyclic) bond motifs is 3. The smallest absolute Gasteiger partial charge is 0.433 e. The molecular weight excluding hydrogens is 900 g/mol. The lowest BCUT2D eigenvalue weighted by Crippen LogP contribution is -2.71. The summed E-state index contributed by atoms with van der Waals surface area (Å²) in [4.78, 5) is 61.9. The molecule has 4 amide bonds. The highest BCUT2D eigenvalue weighted by Gasteiger charge is 2.66. The third-order valence-corrected chi connectivity index (χ3v) is 15.6. The maximum absolute atomic E-state index is 15.4. The van der Waals surface area contributed by atoms with Crippen LogP contribution in [0.2, 0.25) is 0 Å². The first-order valence-electron chi connectivity index (χ1n) is 21.2. The Kier molecular flexibility index (Phi) is 12.8. The van der Waals surface area contributed by atoms with E-state index in [1.807, 2.05) is 4.72 Å². The van der Waals surface area contributed by atoms with Crippen LogP contribution in [0.25, 0.3) is 10.8 Å². The number of amides is 4. The highest BCUT2D eigenvalue weighted by Crippen LogP contribution is 2.49. The zero-order valence-corrected chi connectivity index (χ0v) is 36.5. The van der Waals surface area contributed by atoms with E-state index in [9.17, 15) is 45.5 Å². The Balaban J connectivity index is 1.33. The minimum Gasteiger partial charge on any atom is -0.497 e. The zero-order valence-electron chi connectivity index (χ0n) is 35.6. The Labute approximate surface area is 369 Å². The number of carbonyl (C=O) groups is 4. The van der Waals surface area contributed by atoms with E-state index >= 15 is 18.0 Å². The van der Waals surface area contributed by atoms with Gasteiger partial charge in [-0.3, -0.25) is 24.0 Å². The molecule has 8 atom stereocenters. The quantitative estimate of drug-likeness (QED) is 0.200. The van der Waals surface area contributed by atoms with E-state index in [2.05, 4.69) is 10.3 Å². The Bertz CT molecular complexity index is 2340. The number of allylic oxidation sites excluding steroid dienone is 1. The first kappa shape index (κ1) is 48.0. The van der Waals surface area contributed by atoms with E-state index in [-0.39, 0.29) is 66.1 Å². The largest absolute Gasteiger partial charge is 0.497 e. The van der Waals surface area contributed by atoms with E-state index in [1.165, 1.54) is 32.2 Å². The number of rotatable bonds is 9. The van der Waals surface area contributed by atoms with Crippen molar-refractivity contribution in [2.45, 2.75) is 118 Å².